The zero-order valence-electron chi connectivity index (χ0n) is 13.0. The summed E-state index contributed by atoms with van der Waals surface area (Å²) < 4.78 is 6.26. The molecule has 3 nitrogen and oxygen atoms in total. The van der Waals surface area contributed by atoms with Crippen molar-refractivity contribution in [3.8, 4) is 10.4 Å². The molecule has 0 radical (unpaired) electrons. The van der Waals surface area contributed by atoms with Gasteiger partial charge in [-0.1, -0.05) is 18.2 Å². The largest absolute Gasteiger partial charge is 0.392 e. The van der Waals surface area contributed by atoms with Crippen LogP contribution in [-0.2, 0) is 23.4 Å². The van der Waals surface area contributed by atoms with Crippen molar-refractivity contribution in [1.82, 2.24) is 5.32 Å². The first-order valence-corrected chi connectivity index (χ1v) is 8.80. The lowest BCUT2D eigenvalue weighted by Crippen LogP contribution is -2.43. The van der Waals surface area contributed by atoms with Crippen LogP contribution in [0.25, 0.3) is 10.4 Å². The second-order valence-corrected chi connectivity index (χ2v) is 7.22. The van der Waals surface area contributed by atoms with Crippen molar-refractivity contribution in [3.63, 3.8) is 0 Å². The molecule has 2 aliphatic heterocycles. The molecule has 1 saturated heterocycles. The van der Waals surface area contributed by atoms with Gasteiger partial charge in [0.15, 0.2) is 0 Å². The van der Waals surface area contributed by atoms with Crippen molar-refractivity contribution in [2.75, 3.05) is 19.7 Å². The number of hydrogen-bond acceptors (Lipinski definition) is 4. The van der Waals surface area contributed by atoms with Gasteiger partial charge < -0.3 is 15.2 Å². The molecule has 2 N–H and O–H groups in total. The van der Waals surface area contributed by atoms with Gasteiger partial charge in [0.1, 0.15) is 5.60 Å². The second kappa shape index (κ2) is 6.91. The lowest BCUT2D eigenvalue weighted by atomic mass is 9.86. The summed E-state index contributed by atoms with van der Waals surface area (Å²) in [6.07, 6.45) is 3.15. The molecule has 0 unspecified atom stereocenters. The van der Waals surface area contributed by atoms with Crippen molar-refractivity contribution in [2.45, 2.75) is 31.5 Å². The van der Waals surface area contributed by atoms with E-state index in [-0.39, 0.29) is 24.6 Å². The highest BCUT2D eigenvalue weighted by Gasteiger charge is 2.40. The van der Waals surface area contributed by atoms with Crippen molar-refractivity contribution in [2.24, 2.45) is 0 Å². The standard InChI is InChI=1S/C18H21NO2S.ClH/c20-12-13-2-1-3-14(10-13)16-11-15-4-9-21-18(17(15)22-16)5-7-19-8-6-18;/h1-3,10-11,19-20H,4-9,12H2;1H. The summed E-state index contributed by atoms with van der Waals surface area (Å²) in [5, 5.41) is 12.8. The Morgan fingerprint density at radius 3 is 2.83 bits per heavy atom. The molecule has 0 saturated carbocycles. The molecule has 0 atom stereocenters. The van der Waals surface area contributed by atoms with Gasteiger partial charge in [0.05, 0.1) is 13.2 Å². The fourth-order valence-electron chi connectivity index (χ4n) is 3.59. The van der Waals surface area contributed by atoms with E-state index in [2.05, 4.69) is 23.5 Å². The number of aliphatic hydroxyl groups excluding tert-OH is 1. The summed E-state index contributed by atoms with van der Waals surface area (Å²) >= 11 is 1.88. The minimum absolute atomic E-state index is 0. The number of hydrogen-bond donors (Lipinski definition) is 2. The molecule has 0 bridgehead atoms. The number of piperidine rings is 1. The van der Waals surface area contributed by atoms with E-state index in [0.29, 0.717) is 0 Å². The third-order valence-electron chi connectivity index (χ3n) is 4.78. The second-order valence-electron chi connectivity index (χ2n) is 6.17. The molecule has 0 amide bonds. The van der Waals surface area contributed by atoms with Crippen molar-refractivity contribution in [1.29, 1.82) is 0 Å². The van der Waals surface area contributed by atoms with Gasteiger partial charge in [-0.15, -0.1) is 23.7 Å². The normalized spacial score (nSPS) is 19.2. The van der Waals surface area contributed by atoms with Gasteiger partial charge in [0.25, 0.3) is 0 Å². The van der Waals surface area contributed by atoms with Crippen LogP contribution in [0, 0.1) is 0 Å². The predicted octanol–water partition coefficient (Wildman–Crippen LogP) is 3.48. The summed E-state index contributed by atoms with van der Waals surface area (Å²) in [4.78, 5) is 2.73. The molecule has 0 aliphatic carbocycles. The molecule has 23 heavy (non-hydrogen) atoms. The van der Waals surface area contributed by atoms with Crippen molar-refractivity contribution in [3.05, 3.63) is 46.3 Å². The van der Waals surface area contributed by atoms with Gasteiger partial charge >= 0.3 is 0 Å². The Bertz CT molecular complexity index is 679. The lowest BCUT2D eigenvalue weighted by molar-refractivity contribution is -0.0771. The number of ether oxygens (including phenoxy) is 1. The molecule has 1 fully saturated rings. The van der Waals surface area contributed by atoms with Gasteiger partial charge in [-0.2, -0.15) is 0 Å². The summed E-state index contributed by atoms with van der Waals surface area (Å²) in [6, 6.07) is 10.5. The highest BCUT2D eigenvalue weighted by Crippen LogP contribution is 2.46. The molecule has 1 spiro atoms. The minimum atomic E-state index is -0.0592. The van der Waals surface area contributed by atoms with E-state index in [0.717, 1.165) is 44.5 Å². The molecule has 2 aromatic rings. The van der Waals surface area contributed by atoms with E-state index in [9.17, 15) is 5.11 Å². The van der Waals surface area contributed by atoms with E-state index in [1.165, 1.54) is 20.9 Å². The highest BCUT2D eigenvalue weighted by atomic mass is 35.5. The highest BCUT2D eigenvalue weighted by molar-refractivity contribution is 7.15. The number of fused-ring (bicyclic) bond motifs is 2. The number of thiophene rings is 1. The average molecular weight is 352 g/mol. The van der Waals surface area contributed by atoms with E-state index in [4.69, 9.17) is 4.74 Å². The number of benzene rings is 1. The summed E-state index contributed by atoms with van der Waals surface area (Å²) in [7, 11) is 0. The maximum absolute atomic E-state index is 9.35. The summed E-state index contributed by atoms with van der Waals surface area (Å²) in [6.45, 7) is 3.00. The van der Waals surface area contributed by atoms with Gasteiger partial charge in [0, 0.05) is 9.75 Å². The molecule has 4 rings (SSSR count). The van der Waals surface area contributed by atoms with Crippen LogP contribution in [0.3, 0.4) is 0 Å². The first-order chi connectivity index (χ1) is 10.8. The van der Waals surface area contributed by atoms with Crippen LogP contribution in [0.15, 0.2) is 30.3 Å². The zero-order valence-corrected chi connectivity index (χ0v) is 14.6. The topological polar surface area (TPSA) is 41.5 Å². The smallest absolute Gasteiger partial charge is 0.105 e. The molecule has 1 aromatic heterocycles. The maximum atomic E-state index is 9.35. The monoisotopic (exact) mass is 351 g/mol. The fraction of sp³-hybridized carbons (Fsp3) is 0.444. The lowest BCUT2D eigenvalue weighted by Gasteiger charge is -2.40. The summed E-state index contributed by atoms with van der Waals surface area (Å²) in [5.41, 5.74) is 3.57. The van der Waals surface area contributed by atoms with E-state index in [1.54, 1.807) is 0 Å². The maximum Gasteiger partial charge on any atom is 0.105 e. The summed E-state index contributed by atoms with van der Waals surface area (Å²) in [5.74, 6) is 0. The van der Waals surface area contributed by atoms with Crippen LogP contribution >= 0.6 is 23.7 Å². The molecule has 1 aromatic carbocycles. The van der Waals surface area contributed by atoms with Crippen LogP contribution in [0.5, 0.6) is 0 Å². The third-order valence-corrected chi connectivity index (χ3v) is 6.19. The average Bonchev–Trinajstić information content (AvgIpc) is 3.02. The molecule has 124 valence electrons. The van der Waals surface area contributed by atoms with E-state index >= 15 is 0 Å². The Hall–Kier alpha value is -0.910. The molecule has 5 heteroatoms. The Morgan fingerprint density at radius 1 is 1.22 bits per heavy atom. The number of halogens is 1. The van der Waals surface area contributed by atoms with E-state index in [1.807, 2.05) is 23.5 Å². The Balaban J connectivity index is 0.00000156. The molecule has 2 aliphatic rings. The van der Waals surface area contributed by atoms with E-state index < -0.39 is 0 Å². The molecular formula is C18H22ClNO2S. The van der Waals surface area contributed by atoms with Gasteiger partial charge in [-0.25, -0.2) is 0 Å². The quantitative estimate of drug-likeness (QED) is 0.870. The minimum Gasteiger partial charge on any atom is -0.392 e. The fourth-order valence-corrected chi connectivity index (χ4v) is 5.00. The van der Waals surface area contributed by atoms with Crippen molar-refractivity contribution < 1.29 is 9.84 Å². The first-order valence-electron chi connectivity index (χ1n) is 7.99. The SMILES string of the molecule is Cl.OCc1cccc(-c2cc3c(s2)C2(CCNCC2)OCC3)c1. The molecular weight excluding hydrogens is 330 g/mol. The third kappa shape index (κ3) is 3.06. The van der Waals surface area contributed by atoms with Gasteiger partial charge in [-0.3, -0.25) is 0 Å². The predicted molar refractivity (Wildman–Crippen MR) is 96.4 cm³/mol. The molecule has 3 heterocycles. The number of nitrogens with one attached hydrogen (secondary N) is 1. The van der Waals surface area contributed by atoms with Crippen LogP contribution in [0.4, 0.5) is 0 Å². The van der Waals surface area contributed by atoms with Crippen LogP contribution in [-0.4, -0.2) is 24.8 Å². The first kappa shape index (κ1) is 16.9. The Kier molecular flexibility index (Phi) is 5.09. The van der Waals surface area contributed by atoms with Crippen LogP contribution in [0.1, 0.15) is 28.8 Å². The van der Waals surface area contributed by atoms with Gasteiger partial charge in [-0.05, 0) is 61.2 Å². The van der Waals surface area contributed by atoms with Gasteiger partial charge in [0.2, 0.25) is 0 Å². The Labute approximate surface area is 147 Å². The number of rotatable bonds is 2. The number of aliphatic hydroxyl groups is 1. The van der Waals surface area contributed by atoms with Crippen molar-refractivity contribution >= 4 is 23.7 Å². The van der Waals surface area contributed by atoms with Crippen LogP contribution in [0.2, 0.25) is 0 Å². The van der Waals surface area contributed by atoms with Crippen LogP contribution < -0.4 is 5.32 Å². The zero-order chi connectivity index (χ0) is 15.0. The Morgan fingerprint density at radius 2 is 2.04 bits per heavy atom.